The summed E-state index contributed by atoms with van der Waals surface area (Å²) in [5, 5.41) is 11.0. The predicted molar refractivity (Wildman–Crippen MR) is 50.6 cm³/mol. The van der Waals surface area contributed by atoms with Gasteiger partial charge in [0, 0.05) is 12.1 Å². The van der Waals surface area contributed by atoms with E-state index in [2.05, 4.69) is 21.2 Å². The lowest BCUT2D eigenvalue weighted by Gasteiger charge is -1.99. The van der Waals surface area contributed by atoms with Crippen molar-refractivity contribution < 1.29 is 14.3 Å². The molecule has 1 rings (SSSR count). The summed E-state index contributed by atoms with van der Waals surface area (Å²) in [6.45, 7) is 1.94. The zero-order valence-corrected chi connectivity index (χ0v) is 8.72. The summed E-state index contributed by atoms with van der Waals surface area (Å²) in [6, 6.07) is 1.72. The molecule has 13 heavy (non-hydrogen) atoms. The Kier molecular flexibility index (Phi) is 3.50. The summed E-state index contributed by atoms with van der Waals surface area (Å²) in [4.78, 5) is 11.3. The second-order valence-corrected chi connectivity index (χ2v) is 3.32. The van der Waals surface area contributed by atoms with Gasteiger partial charge in [0.2, 0.25) is 0 Å². The van der Waals surface area contributed by atoms with Crippen LogP contribution in [0.2, 0.25) is 0 Å². The maximum Gasteiger partial charge on any atom is 0.287 e. The number of carbonyl (C=O) groups excluding carboxylic acids is 1. The Labute approximate surface area is 84.1 Å². The van der Waals surface area contributed by atoms with E-state index in [0.717, 1.165) is 5.56 Å². The van der Waals surface area contributed by atoms with E-state index < -0.39 is 0 Å². The first kappa shape index (κ1) is 10.3. The predicted octanol–water partition coefficient (Wildman–Crippen LogP) is 1.07. The molecule has 1 heterocycles. The summed E-state index contributed by atoms with van der Waals surface area (Å²) < 4.78 is 5.62. The van der Waals surface area contributed by atoms with Crippen LogP contribution in [0.25, 0.3) is 0 Å². The minimum Gasteiger partial charge on any atom is -0.444 e. The largest absolute Gasteiger partial charge is 0.444 e. The monoisotopic (exact) mass is 247 g/mol. The zero-order valence-electron chi connectivity index (χ0n) is 7.13. The molecule has 72 valence electrons. The van der Waals surface area contributed by atoms with E-state index in [4.69, 9.17) is 9.52 Å². The minimum absolute atomic E-state index is 0.0767. The molecule has 4 nitrogen and oxygen atoms in total. The van der Waals surface area contributed by atoms with Crippen LogP contribution in [0.1, 0.15) is 16.1 Å². The van der Waals surface area contributed by atoms with Gasteiger partial charge in [-0.15, -0.1) is 0 Å². The average molecular weight is 248 g/mol. The van der Waals surface area contributed by atoms with Gasteiger partial charge in [-0.3, -0.25) is 4.79 Å². The van der Waals surface area contributed by atoms with Crippen LogP contribution in [0.4, 0.5) is 0 Å². The van der Waals surface area contributed by atoms with Crippen molar-refractivity contribution in [3.8, 4) is 0 Å². The first-order valence-electron chi connectivity index (χ1n) is 3.80. The molecule has 1 amide bonds. The molecule has 2 N–H and O–H groups in total. The van der Waals surface area contributed by atoms with Gasteiger partial charge in [0.25, 0.3) is 5.91 Å². The Bertz CT molecular complexity index is 308. The highest BCUT2D eigenvalue weighted by Crippen LogP contribution is 2.19. The lowest BCUT2D eigenvalue weighted by molar-refractivity contribution is 0.0915. The van der Waals surface area contributed by atoms with Crippen LogP contribution in [0.3, 0.4) is 0 Å². The molecule has 0 atom stereocenters. The smallest absolute Gasteiger partial charge is 0.287 e. The van der Waals surface area contributed by atoms with Crippen LogP contribution in [0, 0.1) is 6.92 Å². The Morgan fingerprint density at radius 3 is 2.92 bits per heavy atom. The highest BCUT2D eigenvalue weighted by Gasteiger charge is 2.13. The molecule has 0 aliphatic rings. The molecule has 1 aromatic heterocycles. The molecule has 1 aromatic rings. The minimum atomic E-state index is -0.308. The highest BCUT2D eigenvalue weighted by molar-refractivity contribution is 9.10. The Morgan fingerprint density at radius 2 is 2.46 bits per heavy atom. The van der Waals surface area contributed by atoms with Crippen LogP contribution < -0.4 is 5.32 Å². The van der Waals surface area contributed by atoms with E-state index >= 15 is 0 Å². The van der Waals surface area contributed by atoms with Gasteiger partial charge >= 0.3 is 0 Å². The third-order valence-electron chi connectivity index (χ3n) is 1.49. The third-order valence-corrected chi connectivity index (χ3v) is 1.88. The van der Waals surface area contributed by atoms with E-state index in [0.29, 0.717) is 4.67 Å². The molecule has 0 aliphatic heterocycles. The van der Waals surface area contributed by atoms with E-state index in [9.17, 15) is 4.79 Å². The van der Waals surface area contributed by atoms with Crippen molar-refractivity contribution in [2.75, 3.05) is 13.2 Å². The van der Waals surface area contributed by atoms with Crippen molar-refractivity contribution in [2.45, 2.75) is 6.92 Å². The quantitative estimate of drug-likeness (QED) is 0.841. The summed E-state index contributed by atoms with van der Waals surface area (Å²) >= 11 is 3.12. The summed E-state index contributed by atoms with van der Waals surface area (Å²) in [5.41, 5.74) is 0.766. The lowest BCUT2D eigenvalue weighted by atomic mass is 10.3. The number of aliphatic hydroxyl groups is 1. The number of furan rings is 1. The van der Waals surface area contributed by atoms with Crippen LogP contribution in [0.15, 0.2) is 15.2 Å². The Morgan fingerprint density at radius 1 is 1.77 bits per heavy atom. The molecule has 0 aliphatic carbocycles. The fraction of sp³-hybridized carbons (Fsp3) is 0.375. The van der Waals surface area contributed by atoms with Gasteiger partial charge in [-0.05, 0) is 28.9 Å². The van der Waals surface area contributed by atoms with Crippen LogP contribution in [-0.4, -0.2) is 24.2 Å². The summed E-state index contributed by atoms with van der Waals surface area (Å²) in [6.07, 6.45) is 0. The summed E-state index contributed by atoms with van der Waals surface area (Å²) in [5.74, 6) is -0.0300. The Hall–Kier alpha value is -0.810. The molecule has 0 fully saturated rings. The van der Waals surface area contributed by atoms with Crippen molar-refractivity contribution >= 4 is 21.8 Å². The molecule has 0 spiro atoms. The number of amides is 1. The topological polar surface area (TPSA) is 62.5 Å². The third kappa shape index (κ3) is 2.57. The number of halogens is 1. The van der Waals surface area contributed by atoms with Crippen molar-refractivity contribution in [3.63, 3.8) is 0 Å². The molecule has 0 unspecified atom stereocenters. The summed E-state index contributed by atoms with van der Waals surface area (Å²) in [7, 11) is 0. The maximum absolute atomic E-state index is 11.3. The number of hydrogen-bond donors (Lipinski definition) is 2. The van der Waals surface area contributed by atoms with Crippen molar-refractivity contribution in [1.29, 1.82) is 0 Å². The second-order valence-electron chi connectivity index (χ2n) is 2.54. The van der Waals surface area contributed by atoms with E-state index in [1.165, 1.54) is 0 Å². The zero-order chi connectivity index (χ0) is 9.84. The molecule has 0 radical (unpaired) electrons. The highest BCUT2D eigenvalue weighted by atomic mass is 79.9. The SMILES string of the molecule is Cc1cc(Br)oc1C(=O)NCCO. The van der Waals surface area contributed by atoms with E-state index in [1.807, 2.05) is 0 Å². The van der Waals surface area contributed by atoms with E-state index in [-0.39, 0.29) is 24.8 Å². The second kappa shape index (κ2) is 4.43. The van der Waals surface area contributed by atoms with Crippen molar-refractivity contribution in [1.82, 2.24) is 5.32 Å². The van der Waals surface area contributed by atoms with Crippen molar-refractivity contribution in [2.24, 2.45) is 0 Å². The van der Waals surface area contributed by atoms with Gasteiger partial charge < -0.3 is 14.8 Å². The van der Waals surface area contributed by atoms with Gasteiger partial charge in [0.15, 0.2) is 10.4 Å². The van der Waals surface area contributed by atoms with Gasteiger partial charge in [-0.2, -0.15) is 0 Å². The Balaban J connectivity index is 2.70. The van der Waals surface area contributed by atoms with Crippen LogP contribution in [-0.2, 0) is 0 Å². The fourth-order valence-corrected chi connectivity index (χ4v) is 1.42. The molecule has 0 saturated carbocycles. The average Bonchev–Trinajstić information content (AvgIpc) is 2.41. The maximum atomic E-state index is 11.3. The number of carbonyl (C=O) groups is 1. The molecule has 0 bridgehead atoms. The molecule has 0 aromatic carbocycles. The van der Waals surface area contributed by atoms with Crippen LogP contribution >= 0.6 is 15.9 Å². The number of rotatable bonds is 3. The molecular weight excluding hydrogens is 238 g/mol. The first-order valence-corrected chi connectivity index (χ1v) is 4.59. The number of aliphatic hydroxyl groups excluding tert-OH is 1. The van der Waals surface area contributed by atoms with Gasteiger partial charge in [-0.25, -0.2) is 0 Å². The molecule has 0 saturated heterocycles. The van der Waals surface area contributed by atoms with Crippen molar-refractivity contribution in [3.05, 3.63) is 22.1 Å². The number of nitrogens with one attached hydrogen (secondary N) is 1. The van der Waals surface area contributed by atoms with E-state index in [1.54, 1.807) is 13.0 Å². The normalized spacial score (nSPS) is 10.1. The molecule has 5 heteroatoms. The van der Waals surface area contributed by atoms with Crippen LogP contribution in [0.5, 0.6) is 0 Å². The standard InChI is InChI=1S/C8H10BrNO3/c1-5-4-6(9)13-7(5)8(12)10-2-3-11/h4,11H,2-3H2,1H3,(H,10,12). The van der Waals surface area contributed by atoms with Gasteiger partial charge in [0.1, 0.15) is 0 Å². The lowest BCUT2D eigenvalue weighted by Crippen LogP contribution is -2.26. The number of hydrogen-bond acceptors (Lipinski definition) is 3. The fourth-order valence-electron chi connectivity index (χ4n) is 0.918. The molecular formula is C8H10BrNO3. The van der Waals surface area contributed by atoms with Gasteiger partial charge in [-0.1, -0.05) is 0 Å². The number of aryl methyl sites for hydroxylation is 1. The first-order chi connectivity index (χ1) is 6.15. The van der Waals surface area contributed by atoms with Gasteiger partial charge in [0.05, 0.1) is 6.61 Å².